The average Bonchev–Trinajstić information content (AvgIpc) is 2.40. The summed E-state index contributed by atoms with van der Waals surface area (Å²) in [5.41, 5.74) is -6.66. The molecule has 3 unspecified atom stereocenters. The van der Waals surface area contributed by atoms with E-state index in [9.17, 15) is 40.6 Å². The van der Waals surface area contributed by atoms with Crippen LogP contribution in [0.5, 0.6) is 0 Å². The van der Waals surface area contributed by atoms with Gasteiger partial charge in [0.25, 0.3) is 12.0 Å². The van der Waals surface area contributed by atoms with Gasteiger partial charge >= 0.3 is 18.1 Å². The molecule has 1 saturated heterocycles. The summed E-state index contributed by atoms with van der Waals surface area (Å²) in [5.74, 6) is -9.65. The zero-order valence-corrected chi connectivity index (χ0v) is 13.9. The molecule has 0 aromatic heterocycles. The van der Waals surface area contributed by atoms with Crippen molar-refractivity contribution >= 4 is 5.97 Å². The Kier molecular flexibility index (Phi) is 5.49. The maximum atomic E-state index is 14.4. The number of alkyl halides is 7. The molecule has 1 aliphatic rings. The molecular formula is C14H19F7O4. The number of rotatable bonds is 4. The highest BCUT2D eigenvalue weighted by atomic mass is 19.4. The quantitative estimate of drug-likeness (QED) is 0.594. The predicted molar refractivity (Wildman–Crippen MR) is 70.0 cm³/mol. The first-order valence-corrected chi connectivity index (χ1v) is 7.31. The number of halogens is 7. The summed E-state index contributed by atoms with van der Waals surface area (Å²) < 4.78 is 103. The van der Waals surface area contributed by atoms with Gasteiger partial charge in [-0.2, -0.15) is 22.0 Å². The standard InChI is InChI=1S/C14H19F7O4/c1-5-10(2,3)9(22)24-7-6-11(4,23)25-12(8(15)16,13(7,17)18)14(19,20)21/h7-8,23H,5-6H2,1-4H3. The third-order valence-corrected chi connectivity index (χ3v) is 4.26. The van der Waals surface area contributed by atoms with Gasteiger partial charge in [0.2, 0.25) is 0 Å². The first kappa shape index (κ1) is 21.9. The lowest BCUT2D eigenvalue weighted by atomic mass is 9.83. The van der Waals surface area contributed by atoms with E-state index in [1.807, 2.05) is 0 Å². The Morgan fingerprint density at radius 2 is 1.80 bits per heavy atom. The monoisotopic (exact) mass is 384 g/mol. The molecule has 0 amide bonds. The average molecular weight is 384 g/mol. The van der Waals surface area contributed by atoms with E-state index >= 15 is 0 Å². The van der Waals surface area contributed by atoms with Gasteiger partial charge in [-0.25, -0.2) is 8.78 Å². The summed E-state index contributed by atoms with van der Waals surface area (Å²) in [6.45, 7) is 4.58. The Bertz CT molecular complexity index is 516. The minimum absolute atomic E-state index is 0.0935. The highest BCUT2D eigenvalue weighted by Crippen LogP contribution is 2.56. The molecule has 1 heterocycles. The molecule has 0 aromatic rings. The number of carbonyl (C=O) groups is 1. The van der Waals surface area contributed by atoms with E-state index in [0.717, 1.165) is 0 Å². The van der Waals surface area contributed by atoms with Crippen molar-refractivity contribution in [3.8, 4) is 0 Å². The second kappa shape index (κ2) is 6.26. The molecule has 0 aliphatic carbocycles. The Hall–Kier alpha value is -1.10. The second-order valence-electron chi connectivity index (χ2n) is 6.77. The number of ether oxygens (including phenoxy) is 2. The molecule has 1 rings (SSSR count). The topological polar surface area (TPSA) is 55.8 Å². The molecule has 0 radical (unpaired) electrons. The molecule has 25 heavy (non-hydrogen) atoms. The summed E-state index contributed by atoms with van der Waals surface area (Å²) >= 11 is 0. The highest BCUT2D eigenvalue weighted by molar-refractivity contribution is 5.76. The van der Waals surface area contributed by atoms with Gasteiger partial charge in [0.1, 0.15) is 0 Å². The van der Waals surface area contributed by atoms with Crippen LogP contribution in [0.1, 0.15) is 40.5 Å². The number of carbonyl (C=O) groups excluding carboxylic acids is 1. The van der Waals surface area contributed by atoms with Crippen molar-refractivity contribution in [1.29, 1.82) is 0 Å². The van der Waals surface area contributed by atoms with Gasteiger partial charge in [0.05, 0.1) is 5.41 Å². The van der Waals surface area contributed by atoms with Crippen molar-refractivity contribution in [3.63, 3.8) is 0 Å². The van der Waals surface area contributed by atoms with Crippen molar-refractivity contribution in [2.45, 2.75) is 76.6 Å². The van der Waals surface area contributed by atoms with Gasteiger partial charge in [0.15, 0.2) is 11.9 Å². The summed E-state index contributed by atoms with van der Waals surface area (Å²) in [7, 11) is 0. The van der Waals surface area contributed by atoms with Crippen LogP contribution in [-0.4, -0.2) is 47.1 Å². The highest BCUT2D eigenvalue weighted by Gasteiger charge is 2.83. The van der Waals surface area contributed by atoms with Crippen LogP contribution >= 0.6 is 0 Å². The smallest absolute Gasteiger partial charge is 0.429 e. The third kappa shape index (κ3) is 3.57. The van der Waals surface area contributed by atoms with E-state index in [1.165, 1.54) is 20.8 Å². The fraction of sp³-hybridized carbons (Fsp3) is 0.929. The normalized spacial score (nSPS) is 33.4. The molecule has 1 aliphatic heterocycles. The lowest BCUT2D eigenvalue weighted by molar-refractivity contribution is -0.463. The molecule has 11 heteroatoms. The zero-order valence-electron chi connectivity index (χ0n) is 13.9. The van der Waals surface area contributed by atoms with E-state index in [1.54, 1.807) is 0 Å². The van der Waals surface area contributed by atoms with Crippen molar-refractivity contribution in [1.82, 2.24) is 0 Å². The number of aliphatic hydroxyl groups is 1. The Balaban J connectivity index is 3.43. The number of esters is 1. The van der Waals surface area contributed by atoms with Crippen molar-refractivity contribution in [2.75, 3.05) is 0 Å². The van der Waals surface area contributed by atoms with E-state index in [2.05, 4.69) is 9.47 Å². The summed E-state index contributed by atoms with van der Waals surface area (Å²) in [6, 6.07) is 0. The lowest BCUT2D eigenvalue weighted by Gasteiger charge is -2.51. The maximum Gasteiger partial charge on any atom is 0.429 e. The van der Waals surface area contributed by atoms with Gasteiger partial charge < -0.3 is 14.6 Å². The molecule has 0 saturated carbocycles. The van der Waals surface area contributed by atoms with Crippen molar-refractivity contribution in [3.05, 3.63) is 0 Å². The molecule has 0 aromatic carbocycles. The predicted octanol–water partition coefficient (Wildman–Crippen LogP) is 3.66. The van der Waals surface area contributed by atoms with E-state index < -0.39 is 53.8 Å². The van der Waals surface area contributed by atoms with Crippen LogP contribution in [0.25, 0.3) is 0 Å². The van der Waals surface area contributed by atoms with Gasteiger partial charge in [-0.3, -0.25) is 4.79 Å². The first-order chi connectivity index (χ1) is 10.9. The van der Waals surface area contributed by atoms with Crippen LogP contribution in [0.3, 0.4) is 0 Å². The molecule has 3 atom stereocenters. The van der Waals surface area contributed by atoms with Gasteiger partial charge in [0, 0.05) is 6.42 Å². The Labute approximate surface area is 139 Å². The summed E-state index contributed by atoms with van der Waals surface area (Å²) in [4.78, 5) is 11.9. The largest absolute Gasteiger partial charge is 0.455 e. The summed E-state index contributed by atoms with van der Waals surface area (Å²) in [5, 5.41) is 9.72. The van der Waals surface area contributed by atoms with Crippen LogP contribution in [0.2, 0.25) is 0 Å². The van der Waals surface area contributed by atoms with Crippen molar-refractivity contribution in [2.24, 2.45) is 5.41 Å². The van der Waals surface area contributed by atoms with Crippen LogP contribution in [0.4, 0.5) is 30.7 Å². The van der Waals surface area contributed by atoms with Crippen molar-refractivity contribution < 1.29 is 50.1 Å². The summed E-state index contributed by atoms with van der Waals surface area (Å²) in [6.07, 6.45) is -15.2. The Morgan fingerprint density at radius 1 is 1.32 bits per heavy atom. The van der Waals surface area contributed by atoms with Gasteiger partial charge in [-0.15, -0.1) is 0 Å². The maximum absolute atomic E-state index is 14.4. The molecule has 0 bridgehead atoms. The van der Waals surface area contributed by atoms with Crippen LogP contribution in [0, 0.1) is 5.41 Å². The molecule has 4 nitrogen and oxygen atoms in total. The third-order valence-electron chi connectivity index (χ3n) is 4.26. The number of hydrogen-bond donors (Lipinski definition) is 1. The zero-order chi connectivity index (χ0) is 20.1. The van der Waals surface area contributed by atoms with Crippen LogP contribution < -0.4 is 0 Å². The van der Waals surface area contributed by atoms with Gasteiger partial charge in [-0.05, 0) is 27.2 Å². The van der Waals surface area contributed by atoms with E-state index in [4.69, 9.17) is 0 Å². The molecule has 1 fully saturated rings. The Morgan fingerprint density at radius 3 is 2.16 bits per heavy atom. The fourth-order valence-corrected chi connectivity index (χ4v) is 2.28. The lowest BCUT2D eigenvalue weighted by Crippen LogP contribution is -2.75. The minimum atomic E-state index is -6.25. The van der Waals surface area contributed by atoms with E-state index in [0.29, 0.717) is 6.92 Å². The SMILES string of the molecule is CCC(C)(C)C(=O)OC1CC(C)(O)OC(C(F)F)(C(F)(F)F)C1(F)F. The van der Waals surface area contributed by atoms with E-state index in [-0.39, 0.29) is 6.42 Å². The van der Waals surface area contributed by atoms with Gasteiger partial charge in [-0.1, -0.05) is 6.92 Å². The molecule has 0 spiro atoms. The number of hydrogen-bond acceptors (Lipinski definition) is 4. The molecule has 1 N–H and O–H groups in total. The van der Waals surface area contributed by atoms with Crippen LogP contribution in [-0.2, 0) is 14.3 Å². The second-order valence-corrected chi connectivity index (χ2v) is 6.77. The fourth-order valence-electron chi connectivity index (χ4n) is 2.28. The molecule has 148 valence electrons. The van der Waals surface area contributed by atoms with Crippen LogP contribution in [0.15, 0.2) is 0 Å². The first-order valence-electron chi connectivity index (χ1n) is 7.31. The minimum Gasteiger partial charge on any atom is -0.455 e. The molecular weight excluding hydrogens is 365 g/mol.